The number of hydrogen-bond acceptors (Lipinski definition) is 8. The number of carbonyl (C=O) groups excluding carboxylic acids is 2. The van der Waals surface area contributed by atoms with Gasteiger partial charge in [-0.2, -0.15) is 26.3 Å². The number of esters is 2. The first-order chi connectivity index (χ1) is 19.3. The van der Waals surface area contributed by atoms with Crippen molar-refractivity contribution in [2.75, 3.05) is 0 Å². The van der Waals surface area contributed by atoms with Crippen LogP contribution in [-0.4, -0.2) is 37.9 Å². The normalized spacial score (nSPS) is 24.8. The van der Waals surface area contributed by atoms with E-state index in [1.54, 1.807) is 0 Å². The van der Waals surface area contributed by atoms with Crippen LogP contribution in [0.25, 0.3) is 0 Å². The van der Waals surface area contributed by atoms with Gasteiger partial charge in [-0.05, 0) is 47.7 Å². The number of nitrogens with one attached hydrogen (secondary N) is 1. The smallest absolute Gasteiger partial charge is 0.416 e. The molecular weight excluding hydrogens is 614 g/mol. The number of nitrogens with two attached hydrogens (primary N) is 1. The first-order valence-corrected chi connectivity index (χ1v) is 13.1. The van der Waals surface area contributed by atoms with Gasteiger partial charge in [-0.1, -0.05) is 36.0 Å². The van der Waals surface area contributed by atoms with Crippen molar-refractivity contribution in [3.05, 3.63) is 77.1 Å². The minimum Gasteiger partial charge on any atom is -0.461 e. The molecule has 16 heteroatoms. The molecule has 0 radical (unpaired) electrons. The number of halogens is 7. The average Bonchev–Trinajstić information content (AvgIpc) is 3.34. The zero-order valence-electron chi connectivity index (χ0n) is 21.3. The molecule has 0 spiro atoms. The highest BCUT2D eigenvalue weighted by molar-refractivity contribution is 7.99. The number of rotatable bonds is 8. The van der Waals surface area contributed by atoms with Gasteiger partial charge in [0, 0.05) is 11.2 Å². The molecule has 3 aromatic rings. The third-order valence-corrected chi connectivity index (χ3v) is 8.39. The third kappa shape index (κ3) is 6.52. The number of nitrogens with zero attached hydrogens (tertiary/aromatic N) is 2. The number of thioether (sulfide) groups is 1. The number of hydrogen-bond donors (Lipinski definition) is 2. The molecule has 0 amide bonds. The number of alkyl halides is 6. The minimum absolute atomic E-state index is 0. The van der Waals surface area contributed by atoms with Crippen molar-refractivity contribution >= 4 is 36.1 Å². The van der Waals surface area contributed by atoms with Crippen molar-refractivity contribution in [2.24, 2.45) is 23.5 Å². The summed E-state index contributed by atoms with van der Waals surface area (Å²) in [6, 6.07) is 8.68. The number of H-pyrrole nitrogens is 1. The molecule has 2 fully saturated rings. The highest BCUT2D eigenvalue weighted by Crippen LogP contribution is 2.65. The molecule has 2 aromatic carbocycles. The van der Waals surface area contributed by atoms with Crippen LogP contribution in [0.1, 0.15) is 28.7 Å². The highest BCUT2D eigenvalue weighted by atomic mass is 35.5. The summed E-state index contributed by atoms with van der Waals surface area (Å²) in [6.07, 6.45) is -7.72. The molecule has 42 heavy (non-hydrogen) atoms. The first-order valence-electron chi connectivity index (χ1n) is 12.2. The fourth-order valence-electron chi connectivity index (χ4n) is 5.31. The second-order valence-electron chi connectivity index (χ2n) is 9.89. The van der Waals surface area contributed by atoms with Gasteiger partial charge in [0.2, 0.25) is 5.16 Å². The second kappa shape index (κ2) is 11.8. The molecule has 0 bridgehead atoms. The van der Waals surface area contributed by atoms with Gasteiger partial charge in [0.05, 0.1) is 17.0 Å². The van der Waals surface area contributed by atoms with Crippen LogP contribution in [0.3, 0.4) is 0 Å². The molecule has 5 atom stereocenters. The lowest BCUT2D eigenvalue weighted by atomic mass is 9.91. The van der Waals surface area contributed by atoms with Gasteiger partial charge in [0.1, 0.15) is 25.1 Å². The van der Waals surface area contributed by atoms with E-state index >= 15 is 0 Å². The van der Waals surface area contributed by atoms with E-state index in [0.29, 0.717) is 5.16 Å². The monoisotopic (exact) mass is 636 g/mol. The average molecular weight is 637 g/mol. The van der Waals surface area contributed by atoms with E-state index in [9.17, 15) is 35.9 Å². The maximum Gasteiger partial charge on any atom is 0.416 e. The van der Waals surface area contributed by atoms with Crippen molar-refractivity contribution in [3.8, 4) is 0 Å². The number of ether oxygens (including phenoxy) is 2. The Labute approximate surface area is 245 Å². The summed E-state index contributed by atoms with van der Waals surface area (Å²) in [5, 5.41) is 6.47. The molecule has 2 saturated carbocycles. The van der Waals surface area contributed by atoms with E-state index in [4.69, 9.17) is 15.2 Å². The summed E-state index contributed by atoms with van der Waals surface area (Å²) in [6.45, 7) is -0.891. The molecule has 0 unspecified atom stereocenters. The van der Waals surface area contributed by atoms with E-state index in [1.165, 1.54) is 42.4 Å². The maximum absolute atomic E-state index is 13.2. The molecule has 0 aliphatic heterocycles. The summed E-state index contributed by atoms with van der Waals surface area (Å²) in [5.74, 6) is -3.65. The van der Waals surface area contributed by atoms with Crippen LogP contribution in [0.2, 0.25) is 0 Å². The summed E-state index contributed by atoms with van der Waals surface area (Å²) in [4.78, 5) is 30.3. The zero-order chi connectivity index (χ0) is 29.6. The third-order valence-electron chi connectivity index (χ3n) is 7.20. The van der Waals surface area contributed by atoms with Crippen LogP contribution in [0.4, 0.5) is 26.3 Å². The Hall–Kier alpha value is -3.30. The molecule has 2 aliphatic rings. The molecule has 2 aliphatic carbocycles. The van der Waals surface area contributed by atoms with Crippen LogP contribution < -0.4 is 5.73 Å². The number of aromatic amines is 1. The Kier molecular flexibility index (Phi) is 8.86. The summed E-state index contributed by atoms with van der Waals surface area (Å²) in [7, 11) is 0. The summed E-state index contributed by atoms with van der Waals surface area (Å²) in [5.41, 5.74) is 3.30. The molecule has 5 rings (SSSR count). The number of fused-ring (bicyclic) bond motifs is 1. The van der Waals surface area contributed by atoms with Crippen LogP contribution in [0, 0.1) is 17.8 Å². The maximum atomic E-state index is 13.2. The Morgan fingerprint density at radius 3 is 2.07 bits per heavy atom. The lowest BCUT2D eigenvalue weighted by Gasteiger charge is -2.27. The Morgan fingerprint density at radius 1 is 0.976 bits per heavy atom. The van der Waals surface area contributed by atoms with E-state index in [1.807, 2.05) is 0 Å². The van der Waals surface area contributed by atoms with Gasteiger partial charge in [0.25, 0.3) is 0 Å². The number of benzene rings is 2. The predicted octanol–water partition coefficient (Wildman–Crippen LogP) is 5.18. The fourth-order valence-corrected chi connectivity index (χ4v) is 6.65. The second-order valence-corrected chi connectivity index (χ2v) is 11.1. The van der Waals surface area contributed by atoms with Crippen molar-refractivity contribution in [1.29, 1.82) is 0 Å². The molecule has 3 N–H and O–H groups in total. The van der Waals surface area contributed by atoms with E-state index in [-0.39, 0.29) is 30.0 Å². The standard InChI is InChI=1S/C26H22F6N4O4S.ClH/c27-25(28,29)15-5-1-3-13(7-15)10-39-21(37)19-18-17(41-23-34-12-35-36-23)9-24(33,20(18)19)22(38)40-11-14-4-2-6-16(8-14)26(30,31)32;/h1-8,12,17-20H,9-11,33H2,(H,34,35,36);1H/t17-,18-,19-,20-,24-;/m0./s1. The number of carbonyl (C=O) groups is 2. The van der Waals surface area contributed by atoms with Crippen molar-refractivity contribution in [3.63, 3.8) is 0 Å². The topological polar surface area (TPSA) is 120 Å². The van der Waals surface area contributed by atoms with Gasteiger partial charge >= 0.3 is 24.3 Å². The van der Waals surface area contributed by atoms with Gasteiger partial charge in [0.15, 0.2) is 0 Å². The zero-order valence-corrected chi connectivity index (χ0v) is 22.9. The molecule has 1 heterocycles. The van der Waals surface area contributed by atoms with Gasteiger partial charge in [-0.3, -0.25) is 14.7 Å². The molecule has 0 saturated heterocycles. The Bertz CT molecular complexity index is 1440. The molecule has 1 aromatic heterocycles. The highest BCUT2D eigenvalue weighted by Gasteiger charge is 2.74. The van der Waals surface area contributed by atoms with Crippen LogP contribution in [0.15, 0.2) is 60.0 Å². The van der Waals surface area contributed by atoms with Crippen LogP contribution in [-0.2, 0) is 44.6 Å². The van der Waals surface area contributed by atoms with Crippen molar-refractivity contribution in [2.45, 2.75) is 47.9 Å². The van der Waals surface area contributed by atoms with Crippen LogP contribution >= 0.6 is 24.2 Å². The SMILES string of the molecule is Cl.N[C@@]1(C(=O)OCc2cccc(C(F)(F)F)c2)C[C@H](Sc2nc[nH]n2)[C@H]2[C@H](C(=O)OCc3cccc(C(F)(F)F)c3)[C@H]21. The number of aromatic nitrogens is 3. The molecular formula is C26H23ClF6N4O4S. The van der Waals surface area contributed by atoms with Gasteiger partial charge in [-0.25, -0.2) is 4.98 Å². The summed E-state index contributed by atoms with van der Waals surface area (Å²) >= 11 is 1.19. The van der Waals surface area contributed by atoms with Gasteiger partial charge in [-0.15, -0.1) is 17.5 Å². The summed E-state index contributed by atoms with van der Waals surface area (Å²) < 4.78 is 88.9. The van der Waals surface area contributed by atoms with E-state index in [2.05, 4.69) is 15.2 Å². The largest absolute Gasteiger partial charge is 0.461 e. The Morgan fingerprint density at radius 2 is 1.55 bits per heavy atom. The van der Waals surface area contributed by atoms with Crippen molar-refractivity contribution in [1.82, 2.24) is 15.2 Å². The first kappa shape index (κ1) is 31.6. The molecule has 226 valence electrons. The van der Waals surface area contributed by atoms with E-state index < -0.39 is 77.2 Å². The fraction of sp³-hybridized carbons (Fsp3) is 0.385. The minimum atomic E-state index is -4.58. The molecule has 8 nitrogen and oxygen atoms in total. The van der Waals surface area contributed by atoms with Gasteiger partial charge < -0.3 is 15.2 Å². The van der Waals surface area contributed by atoms with Crippen LogP contribution in [0.5, 0.6) is 0 Å². The lowest BCUT2D eigenvalue weighted by Crippen LogP contribution is -2.51. The van der Waals surface area contributed by atoms with E-state index in [0.717, 1.165) is 24.3 Å². The quantitative estimate of drug-likeness (QED) is 0.257. The Balaban J connectivity index is 0.00000405. The van der Waals surface area contributed by atoms with Crippen molar-refractivity contribution < 1.29 is 45.4 Å². The lowest BCUT2D eigenvalue weighted by molar-refractivity contribution is -0.153. The predicted molar refractivity (Wildman–Crippen MR) is 138 cm³/mol.